The summed E-state index contributed by atoms with van der Waals surface area (Å²) in [5.74, 6) is -0.452. The fourth-order valence-corrected chi connectivity index (χ4v) is 4.04. The molecule has 1 aliphatic heterocycles. The third-order valence-corrected chi connectivity index (χ3v) is 5.93. The zero-order valence-corrected chi connectivity index (χ0v) is 18.7. The van der Waals surface area contributed by atoms with E-state index in [1.807, 2.05) is 24.3 Å². The van der Waals surface area contributed by atoms with Gasteiger partial charge in [-0.2, -0.15) is 0 Å². The van der Waals surface area contributed by atoms with Gasteiger partial charge in [0.25, 0.3) is 5.91 Å². The monoisotopic (exact) mass is 442 g/mol. The molecule has 0 atom stereocenters. The van der Waals surface area contributed by atoms with Crippen molar-refractivity contribution in [2.24, 2.45) is 0 Å². The Balaban J connectivity index is 1.25. The third-order valence-electron chi connectivity index (χ3n) is 5.93. The van der Waals surface area contributed by atoms with Crippen LogP contribution in [-0.2, 0) is 17.9 Å². The van der Waals surface area contributed by atoms with Gasteiger partial charge in [-0.3, -0.25) is 14.5 Å². The molecule has 1 fully saturated rings. The van der Waals surface area contributed by atoms with E-state index in [1.165, 1.54) is 11.3 Å². The minimum absolute atomic E-state index is 0.0443. The van der Waals surface area contributed by atoms with Gasteiger partial charge in [-0.1, -0.05) is 60.7 Å². The summed E-state index contributed by atoms with van der Waals surface area (Å²) in [5, 5.41) is 5.60. The number of hydrogen-bond donors (Lipinski definition) is 2. The molecular weight excluding hydrogens is 412 g/mol. The average molecular weight is 443 g/mol. The summed E-state index contributed by atoms with van der Waals surface area (Å²) in [7, 11) is 0. The second kappa shape index (κ2) is 11.3. The van der Waals surface area contributed by atoms with Crippen molar-refractivity contribution < 1.29 is 9.59 Å². The summed E-state index contributed by atoms with van der Waals surface area (Å²) < 4.78 is 0. The lowest BCUT2D eigenvalue weighted by atomic mass is 10.1. The molecule has 3 aromatic carbocycles. The van der Waals surface area contributed by atoms with E-state index in [0.717, 1.165) is 38.3 Å². The first-order valence-corrected chi connectivity index (χ1v) is 11.4. The van der Waals surface area contributed by atoms with Gasteiger partial charge in [-0.15, -0.1) is 0 Å². The molecule has 0 aliphatic carbocycles. The predicted molar refractivity (Wildman–Crippen MR) is 131 cm³/mol. The fraction of sp³-hybridized carbons (Fsp3) is 0.259. The number of para-hydroxylation sites is 1. The molecule has 4 rings (SSSR count). The van der Waals surface area contributed by atoms with Gasteiger partial charge >= 0.3 is 0 Å². The molecule has 0 bridgehead atoms. The lowest BCUT2D eigenvalue weighted by Gasteiger charge is -2.36. The number of anilines is 1. The van der Waals surface area contributed by atoms with Crippen LogP contribution in [0.5, 0.6) is 0 Å². The summed E-state index contributed by atoms with van der Waals surface area (Å²) in [6.45, 7) is 5.27. The standard InChI is InChI=1S/C27H30N4O2/c32-26(20-29-27(33)22-9-3-1-4-10-22)28-19-23-11-7-8-12-24(23)21-30-15-17-31(18-16-30)25-13-5-2-6-14-25/h1-14H,15-21H2,(H,28,32)(H,29,33). The maximum Gasteiger partial charge on any atom is 0.251 e. The number of carbonyl (C=O) groups excluding carboxylic acids is 2. The van der Waals surface area contributed by atoms with Crippen LogP contribution in [0.3, 0.4) is 0 Å². The highest BCUT2D eigenvalue weighted by Gasteiger charge is 2.18. The number of amides is 2. The van der Waals surface area contributed by atoms with Crippen molar-refractivity contribution in [2.45, 2.75) is 13.1 Å². The normalized spacial score (nSPS) is 14.0. The number of carbonyl (C=O) groups is 2. The SMILES string of the molecule is O=C(CNC(=O)c1ccccc1)NCc1ccccc1CN1CCN(c2ccccc2)CC1. The second-order valence-electron chi connectivity index (χ2n) is 8.19. The first-order valence-electron chi connectivity index (χ1n) is 11.4. The lowest BCUT2D eigenvalue weighted by molar-refractivity contribution is -0.120. The van der Waals surface area contributed by atoms with Crippen LogP contribution in [0.25, 0.3) is 0 Å². The molecule has 0 radical (unpaired) electrons. The van der Waals surface area contributed by atoms with Gasteiger partial charge in [0.15, 0.2) is 0 Å². The molecule has 1 aliphatic rings. The quantitative estimate of drug-likeness (QED) is 0.563. The number of piperazine rings is 1. The van der Waals surface area contributed by atoms with Gasteiger partial charge in [0.1, 0.15) is 0 Å². The lowest BCUT2D eigenvalue weighted by Crippen LogP contribution is -2.46. The molecule has 6 heteroatoms. The molecule has 2 amide bonds. The van der Waals surface area contributed by atoms with Gasteiger partial charge < -0.3 is 15.5 Å². The number of hydrogen-bond acceptors (Lipinski definition) is 4. The van der Waals surface area contributed by atoms with E-state index in [9.17, 15) is 9.59 Å². The van der Waals surface area contributed by atoms with Crippen molar-refractivity contribution in [2.75, 3.05) is 37.6 Å². The second-order valence-corrected chi connectivity index (χ2v) is 8.19. The van der Waals surface area contributed by atoms with Crippen molar-refractivity contribution in [1.29, 1.82) is 0 Å². The van der Waals surface area contributed by atoms with Crippen LogP contribution in [-0.4, -0.2) is 49.4 Å². The third kappa shape index (κ3) is 6.43. The molecule has 1 heterocycles. The molecule has 33 heavy (non-hydrogen) atoms. The van der Waals surface area contributed by atoms with Crippen LogP contribution in [0, 0.1) is 0 Å². The minimum Gasteiger partial charge on any atom is -0.369 e. The maximum atomic E-state index is 12.3. The Hall–Kier alpha value is -3.64. The van der Waals surface area contributed by atoms with Crippen LogP contribution in [0.2, 0.25) is 0 Å². The molecular formula is C27H30N4O2. The molecule has 3 aromatic rings. The number of rotatable bonds is 8. The van der Waals surface area contributed by atoms with E-state index in [1.54, 1.807) is 24.3 Å². The molecule has 1 saturated heterocycles. The van der Waals surface area contributed by atoms with E-state index >= 15 is 0 Å². The summed E-state index contributed by atoms with van der Waals surface area (Å²) in [5.41, 5.74) is 4.15. The van der Waals surface area contributed by atoms with E-state index in [0.29, 0.717) is 12.1 Å². The van der Waals surface area contributed by atoms with Crippen molar-refractivity contribution in [1.82, 2.24) is 15.5 Å². The van der Waals surface area contributed by atoms with E-state index in [-0.39, 0.29) is 18.4 Å². The summed E-state index contributed by atoms with van der Waals surface area (Å²) in [6.07, 6.45) is 0. The van der Waals surface area contributed by atoms with E-state index in [4.69, 9.17) is 0 Å². The first kappa shape index (κ1) is 22.6. The Bertz CT molecular complexity index is 1050. The summed E-state index contributed by atoms with van der Waals surface area (Å²) in [6, 6.07) is 27.7. The predicted octanol–water partition coefficient (Wildman–Crippen LogP) is 3.06. The Labute approximate surface area is 195 Å². The van der Waals surface area contributed by atoms with Crippen molar-refractivity contribution in [3.8, 4) is 0 Å². The number of nitrogens with zero attached hydrogens (tertiary/aromatic N) is 2. The topological polar surface area (TPSA) is 64.7 Å². The van der Waals surface area contributed by atoms with Crippen LogP contribution in [0.4, 0.5) is 5.69 Å². The van der Waals surface area contributed by atoms with E-state index < -0.39 is 0 Å². The van der Waals surface area contributed by atoms with Crippen molar-refractivity contribution in [3.63, 3.8) is 0 Å². The van der Waals surface area contributed by atoms with Gasteiger partial charge in [0, 0.05) is 50.5 Å². The zero-order valence-electron chi connectivity index (χ0n) is 18.7. The van der Waals surface area contributed by atoms with Gasteiger partial charge in [-0.05, 0) is 35.4 Å². The van der Waals surface area contributed by atoms with Crippen molar-refractivity contribution >= 4 is 17.5 Å². The molecule has 0 aromatic heterocycles. The summed E-state index contributed by atoms with van der Waals surface area (Å²) in [4.78, 5) is 29.3. The molecule has 2 N–H and O–H groups in total. The number of nitrogens with one attached hydrogen (secondary N) is 2. The van der Waals surface area contributed by atoms with Crippen LogP contribution >= 0.6 is 0 Å². The highest BCUT2D eigenvalue weighted by atomic mass is 16.2. The Morgan fingerprint density at radius 1 is 0.697 bits per heavy atom. The highest BCUT2D eigenvalue weighted by Crippen LogP contribution is 2.18. The fourth-order valence-electron chi connectivity index (χ4n) is 4.04. The van der Waals surface area contributed by atoms with Crippen molar-refractivity contribution in [3.05, 3.63) is 102 Å². The Morgan fingerprint density at radius 3 is 2.00 bits per heavy atom. The molecule has 0 saturated carbocycles. The van der Waals surface area contributed by atoms with Gasteiger partial charge in [0.2, 0.25) is 5.91 Å². The maximum absolute atomic E-state index is 12.3. The van der Waals surface area contributed by atoms with Gasteiger partial charge in [-0.25, -0.2) is 0 Å². The van der Waals surface area contributed by atoms with Crippen LogP contribution < -0.4 is 15.5 Å². The molecule has 6 nitrogen and oxygen atoms in total. The van der Waals surface area contributed by atoms with E-state index in [2.05, 4.69) is 56.8 Å². The Kier molecular flexibility index (Phi) is 7.72. The van der Waals surface area contributed by atoms with Gasteiger partial charge in [0.05, 0.1) is 6.54 Å². The van der Waals surface area contributed by atoms with Crippen LogP contribution in [0.15, 0.2) is 84.9 Å². The molecule has 0 spiro atoms. The average Bonchev–Trinajstić information content (AvgIpc) is 2.88. The zero-order chi connectivity index (χ0) is 22.9. The summed E-state index contributed by atoms with van der Waals surface area (Å²) >= 11 is 0. The molecule has 0 unspecified atom stereocenters. The van der Waals surface area contributed by atoms with Crippen LogP contribution in [0.1, 0.15) is 21.5 Å². The molecule has 170 valence electrons. The number of benzene rings is 3. The highest BCUT2D eigenvalue weighted by molar-refractivity contribution is 5.96. The first-order chi connectivity index (χ1) is 16.2. The smallest absolute Gasteiger partial charge is 0.251 e. The minimum atomic E-state index is -0.249. The largest absolute Gasteiger partial charge is 0.369 e. The Morgan fingerprint density at radius 2 is 1.30 bits per heavy atom.